The maximum atomic E-state index is 8.89. The molecule has 0 aliphatic heterocycles. The van der Waals surface area contributed by atoms with Gasteiger partial charge in [0.2, 0.25) is 0 Å². The summed E-state index contributed by atoms with van der Waals surface area (Å²) >= 11 is 0. The quantitative estimate of drug-likeness (QED) is 0.876. The molecule has 0 unspecified atom stereocenters. The molecule has 0 spiro atoms. The van der Waals surface area contributed by atoms with Crippen LogP contribution < -0.4 is 10.5 Å². The van der Waals surface area contributed by atoms with Crippen LogP contribution in [0.1, 0.15) is 16.7 Å². The number of aryl methyl sites for hydroxylation is 3. The number of nitrogen functional groups attached to an aromatic ring is 1. The first-order valence-corrected chi connectivity index (χ1v) is 5.49. The molecular weight excluding hydrogens is 228 g/mol. The molecule has 0 amide bonds. The van der Waals surface area contributed by atoms with Gasteiger partial charge in [-0.15, -0.1) is 5.10 Å². The van der Waals surface area contributed by atoms with Crippen molar-refractivity contribution >= 4 is 5.69 Å². The Labute approximate surface area is 105 Å². The normalized spacial score (nSPS) is 10.1. The van der Waals surface area contributed by atoms with E-state index in [2.05, 4.69) is 11.2 Å². The van der Waals surface area contributed by atoms with E-state index in [0.717, 1.165) is 11.1 Å². The number of aromatic nitrogens is 2. The van der Waals surface area contributed by atoms with Crippen molar-refractivity contribution in [2.75, 3.05) is 5.73 Å². The number of nitrogens with zero attached hydrogens (tertiary/aromatic N) is 3. The molecule has 0 saturated heterocycles. The predicted molar refractivity (Wildman–Crippen MR) is 68.3 cm³/mol. The molecule has 1 heterocycles. The Balaban J connectivity index is 2.41. The van der Waals surface area contributed by atoms with Gasteiger partial charge in [-0.25, -0.2) is 0 Å². The van der Waals surface area contributed by atoms with Crippen LogP contribution in [0.15, 0.2) is 18.3 Å². The number of hydrogen-bond donors (Lipinski definition) is 1. The van der Waals surface area contributed by atoms with E-state index in [1.54, 1.807) is 30.1 Å². The van der Waals surface area contributed by atoms with Crippen LogP contribution >= 0.6 is 0 Å². The third-order valence-corrected chi connectivity index (χ3v) is 2.61. The van der Waals surface area contributed by atoms with Gasteiger partial charge in [0, 0.05) is 7.05 Å². The van der Waals surface area contributed by atoms with Crippen LogP contribution in [0.3, 0.4) is 0 Å². The summed E-state index contributed by atoms with van der Waals surface area (Å²) < 4.78 is 7.32. The Morgan fingerprint density at radius 1 is 1.33 bits per heavy atom. The van der Waals surface area contributed by atoms with Gasteiger partial charge >= 0.3 is 0 Å². The van der Waals surface area contributed by atoms with E-state index >= 15 is 0 Å². The molecule has 2 aromatic rings. The largest absolute Gasteiger partial charge is 0.435 e. The SMILES string of the molecule is Cc1cc(C#N)cc(C)c1Oc1nn(C)cc1N. The zero-order chi connectivity index (χ0) is 13.3. The van der Waals surface area contributed by atoms with Crippen LogP contribution in [0.25, 0.3) is 0 Å². The predicted octanol–water partition coefficient (Wildman–Crippen LogP) is 2.28. The van der Waals surface area contributed by atoms with Crippen molar-refractivity contribution in [1.29, 1.82) is 5.26 Å². The van der Waals surface area contributed by atoms with Gasteiger partial charge in [-0.3, -0.25) is 4.68 Å². The highest BCUT2D eigenvalue weighted by atomic mass is 16.5. The molecule has 5 heteroatoms. The second-order valence-electron chi connectivity index (χ2n) is 4.22. The molecule has 5 nitrogen and oxygen atoms in total. The van der Waals surface area contributed by atoms with Gasteiger partial charge in [0.25, 0.3) is 5.88 Å². The first-order chi connectivity index (χ1) is 8.51. The number of nitrogens with two attached hydrogens (primary N) is 1. The molecule has 0 saturated carbocycles. The zero-order valence-electron chi connectivity index (χ0n) is 10.6. The Kier molecular flexibility index (Phi) is 2.94. The molecule has 0 fully saturated rings. The first kappa shape index (κ1) is 12.0. The number of anilines is 1. The molecule has 0 atom stereocenters. The van der Waals surface area contributed by atoms with Gasteiger partial charge in [-0.1, -0.05) is 0 Å². The number of benzene rings is 1. The molecule has 92 valence electrons. The van der Waals surface area contributed by atoms with Crippen LogP contribution in [0.5, 0.6) is 11.6 Å². The summed E-state index contributed by atoms with van der Waals surface area (Å²) in [6, 6.07) is 5.67. The highest BCUT2D eigenvalue weighted by Crippen LogP contribution is 2.31. The second kappa shape index (κ2) is 4.41. The molecule has 2 N–H and O–H groups in total. The topological polar surface area (TPSA) is 76.9 Å². The monoisotopic (exact) mass is 242 g/mol. The van der Waals surface area contributed by atoms with Crippen LogP contribution in [0.2, 0.25) is 0 Å². The third-order valence-electron chi connectivity index (χ3n) is 2.61. The Morgan fingerprint density at radius 2 is 1.94 bits per heavy atom. The highest BCUT2D eigenvalue weighted by Gasteiger charge is 2.12. The molecule has 1 aromatic heterocycles. The van der Waals surface area contributed by atoms with Crippen LogP contribution in [-0.2, 0) is 7.05 Å². The van der Waals surface area contributed by atoms with Gasteiger partial charge in [0.1, 0.15) is 11.4 Å². The number of ether oxygens (including phenoxy) is 1. The lowest BCUT2D eigenvalue weighted by Gasteiger charge is -2.10. The van der Waals surface area contributed by atoms with Crippen molar-refractivity contribution in [3.8, 4) is 17.7 Å². The van der Waals surface area contributed by atoms with Crippen molar-refractivity contribution in [3.63, 3.8) is 0 Å². The van der Waals surface area contributed by atoms with Gasteiger partial charge in [-0.05, 0) is 37.1 Å². The number of nitriles is 1. The summed E-state index contributed by atoms with van der Waals surface area (Å²) in [5, 5.41) is 13.0. The standard InChI is InChI=1S/C13H14N4O/c1-8-4-10(6-14)5-9(2)12(8)18-13-11(15)7-17(3)16-13/h4-5,7H,15H2,1-3H3. The molecular formula is C13H14N4O. The van der Waals surface area contributed by atoms with Crippen LogP contribution in [0, 0.1) is 25.2 Å². The van der Waals surface area contributed by atoms with E-state index in [4.69, 9.17) is 15.7 Å². The van der Waals surface area contributed by atoms with Gasteiger partial charge in [0.15, 0.2) is 0 Å². The lowest BCUT2D eigenvalue weighted by molar-refractivity contribution is 0.449. The minimum absolute atomic E-state index is 0.383. The molecule has 2 rings (SSSR count). The van der Waals surface area contributed by atoms with E-state index < -0.39 is 0 Å². The van der Waals surface area contributed by atoms with Gasteiger partial charge in [0.05, 0.1) is 17.8 Å². The second-order valence-corrected chi connectivity index (χ2v) is 4.22. The highest BCUT2D eigenvalue weighted by molar-refractivity contribution is 5.52. The molecule has 1 aromatic carbocycles. The lowest BCUT2D eigenvalue weighted by atomic mass is 10.1. The Hall–Kier alpha value is -2.48. The third kappa shape index (κ3) is 2.13. The fraction of sp³-hybridized carbons (Fsp3) is 0.231. The average Bonchev–Trinajstić information content (AvgIpc) is 2.62. The summed E-state index contributed by atoms with van der Waals surface area (Å²) in [6.07, 6.45) is 1.68. The average molecular weight is 242 g/mol. The molecule has 0 bridgehead atoms. The van der Waals surface area contributed by atoms with Crippen molar-refractivity contribution in [2.45, 2.75) is 13.8 Å². The number of rotatable bonds is 2. The van der Waals surface area contributed by atoms with Crippen LogP contribution in [-0.4, -0.2) is 9.78 Å². The van der Waals surface area contributed by atoms with Crippen molar-refractivity contribution < 1.29 is 4.74 Å². The Morgan fingerprint density at radius 3 is 2.39 bits per heavy atom. The number of hydrogen-bond acceptors (Lipinski definition) is 4. The zero-order valence-corrected chi connectivity index (χ0v) is 10.6. The summed E-state index contributed by atoms with van der Waals surface area (Å²) in [7, 11) is 1.78. The maximum absolute atomic E-state index is 8.89. The fourth-order valence-corrected chi connectivity index (χ4v) is 1.84. The summed E-state index contributed by atoms with van der Waals surface area (Å²) in [6.45, 7) is 3.78. The molecule has 18 heavy (non-hydrogen) atoms. The summed E-state index contributed by atoms with van der Waals surface area (Å²) in [4.78, 5) is 0. The molecule has 0 aliphatic carbocycles. The van der Waals surface area contributed by atoms with E-state index in [1.165, 1.54) is 0 Å². The van der Waals surface area contributed by atoms with E-state index in [-0.39, 0.29) is 0 Å². The Bertz CT molecular complexity index is 614. The van der Waals surface area contributed by atoms with E-state index in [9.17, 15) is 0 Å². The van der Waals surface area contributed by atoms with Crippen LogP contribution in [0.4, 0.5) is 5.69 Å². The minimum atomic E-state index is 0.383. The van der Waals surface area contributed by atoms with Crippen molar-refractivity contribution in [1.82, 2.24) is 9.78 Å². The first-order valence-electron chi connectivity index (χ1n) is 5.49. The lowest BCUT2D eigenvalue weighted by Crippen LogP contribution is -1.96. The van der Waals surface area contributed by atoms with Crippen molar-refractivity contribution in [2.24, 2.45) is 7.05 Å². The van der Waals surface area contributed by atoms with Gasteiger partial charge in [-0.2, -0.15) is 5.26 Å². The summed E-state index contributed by atoms with van der Waals surface area (Å²) in [5.74, 6) is 1.08. The fourth-order valence-electron chi connectivity index (χ4n) is 1.84. The molecule has 0 radical (unpaired) electrons. The summed E-state index contributed by atoms with van der Waals surface area (Å²) in [5.41, 5.74) is 8.66. The minimum Gasteiger partial charge on any atom is -0.435 e. The van der Waals surface area contributed by atoms with E-state index in [1.807, 2.05) is 13.8 Å². The smallest absolute Gasteiger partial charge is 0.261 e. The van der Waals surface area contributed by atoms with Gasteiger partial charge < -0.3 is 10.5 Å². The maximum Gasteiger partial charge on any atom is 0.261 e. The van der Waals surface area contributed by atoms with Crippen molar-refractivity contribution in [3.05, 3.63) is 35.0 Å². The van der Waals surface area contributed by atoms with E-state index in [0.29, 0.717) is 22.9 Å². The molecule has 0 aliphatic rings.